The number of hydrogen-bond donors (Lipinski definition) is 2. The van der Waals surface area contributed by atoms with Crippen molar-refractivity contribution in [1.82, 2.24) is 0 Å². The first-order chi connectivity index (χ1) is 9.40. The summed E-state index contributed by atoms with van der Waals surface area (Å²) in [6.45, 7) is 1.97. The van der Waals surface area contributed by atoms with E-state index in [2.05, 4.69) is 0 Å². The maximum atomic E-state index is 13.4. The van der Waals surface area contributed by atoms with Crippen LogP contribution in [0.2, 0.25) is 0 Å². The lowest BCUT2D eigenvalue weighted by molar-refractivity contribution is -0.137. The number of halogens is 2. The fourth-order valence-electron chi connectivity index (χ4n) is 2.34. The Balaban J connectivity index is 2.35. The lowest BCUT2D eigenvalue weighted by atomic mass is 9.94. The van der Waals surface area contributed by atoms with Gasteiger partial charge >= 0.3 is 5.97 Å². The molecule has 2 atom stereocenters. The Bertz CT molecular complexity index is 431. The summed E-state index contributed by atoms with van der Waals surface area (Å²) >= 11 is 0. The highest BCUT2D eigenvalue weighted by molar-refractivity contribution is 5.67. The first-order valence-electron chi connectivity index (χ1n) is 6.80. The van der Waals surface area contributed by atoms with Crippen LogP contribution >= 0.6 is 0 Å². The summed E-state index contributed by atoms with van der Waals surface area (Å²) in [5, 5.41) is 8.62. The molecular weight excluding hydrogens is 264 g/mol. The van der Waals surface area contributed by atoms with Crippen molar-refractivity contribution in [2.75, 3.05) is 0 Å². The molecule has 0 radical (unpaired) electrons. The fraction of sp³-hybridized carbons (Fsp3) is 0.533. The molecule has 5 heteroatoms. The summed E-state index contributed by atoms with van der Waals surface area (Å²) in [5.74, 6) is -1.70. The lowest BCUT2D eigenvalue weighted by Gasteiger charge is -2.15. The van der Waals surface area contributed by atoms with Gasteiger partial charge in [0.25, 0.3) is 0 Å². The molecule has 3 N–H and O–H groups in total. The maximum absolute atomic E-state index is 13.4. The highest BCUT2D eigenvalue weighted by atomic mass is 19.1. The van der Waals surface area contributed by atoms with Gasteiger partial charge < -0.3 is 10.8 Å². The lowest BCUT2D eigenvalue weighted by Crippen LogP contribution is -2.26. The minimum atomic E-state index is -0.905. The van der Waals surface area contributed by atoms with Crippen molar-refractivity contribution in [2.45, 2.75) is 45.1 Å². The fourth-order valence-corrected chi connectivity index (χ4v) is 2.34. The SMILES string of the molecule is C[C@H](CCCc1c(F)cccc1F)C[C@H](N)CC(=O)O. The van der Waals surface area contributed by atoms with Gasteiger partial charge in [-0.2, -0.15) is 0 Å². The molecule has 0 heterocycles. The predicted molar refractivity (Wildman–Crippen MR) is 73.3 cm³/mol. The number of carbonyl (C=O) groups is 1. The van der Waals surface area contributed by atoms with Gasteiger partial charge in [0.2, 0.25) is 0 Å². The van der Waals surface area contributed by atoms with Gasteiger partial charge in [-0.05, 0) is 37.3 Å². The summed E-state index contributed by atoms with van der Waals surface area (Å²) in [4.78, 5) is 10.5. The molecule has 1 rings (SSSR count). The molecule has 1 aromatic carbocycles. The molecule has 0 fully saturated rings. The molecule has 0 saturated heterocycles. The second-order valence-electron chi connectivity index (χ2n) is 5.29. The normalized spacial score (nSPS) is 14.0. The number of nitrogens with two attached hydrogens (primary N) is 1. The first kappa shape index (κ1) is 16.6. The van der Waals surface area contributed by atoms with E-state index in [4.69, 9.17) is 10.8 Å². The summed E-state index contributed by atoms with van der Waals surface area (Å²) in [6, 6.07) is 3.49. The Kier molecular flexibility index (Phi) is 6.58. The van der Waals surface area contributed by atoms with Crippen LogP contribution in [-0.2, 0) is 11.2 Å². The van der Waals surface area contributed by atoms with E-state index in [0.717, 1.165) is 6.42 Å². The molecule has 0 unspecified atom stereocenters. The molecule has 0 aliphatic rings. The number of aliphatic carboxylic acids is 1. The van der Waals surface area contributed by atoms with Crippen LogP contribution in [0.3, 0.4) is 0 Å². The van der Waals surface area contributed by atoms with Crippen molar-refractivity contribution in [3.05, 3.63) is 35.4 Å². The van der Waals surface area contributed by atoms with Gasteiger partial charge in [0, 0.05) is 11.6 Å². The third-order valence-electron chi connectivity index (χ3n) is 3.33. The van der Waals surface area contributed by atoms with E-state index in [1.54, 1.807) is 0 Å². The standard InChI is InChI=1S/C15H21F2NO2/c1-10(8-11(18)9-15(19)20)4-2-5-12-13(16)6-3-7-14(12)17/h3,6-7,10-11H,2,4-5,8-9,18H2,1H3,(H,19,20)/t10-,11+/m1/s1. The summed E-state index contributed by atoms with van der Waals surface area (Å²) < 4.78 is 26.8. The van der Waals surface area contributed by atoms with Crippen LogP contribution in [0.25, 0.3) is 0 Å². The molecular formula is C15H21F2NO2. The van der Waals surface area contributed by atoms with Crippen molar-refractivity contribution < 1.29 is 18.7 Å². The highest BCUT2D eigenvalue weighted by Crippen LogP contribution is 2.19. The Morgan fingerprint density at radius 3 is 2.50 bits per heavy atom. The smallest absolute Gasteiger partial charge is 0.304 e. The van der Waals surface area contributed by atoms with E-state index in [0.29, 0.717) is 19.3 Å². The Labute approximate surface area is 117 Å². The second-order valence-corrected chi connectivity index (χ2v) is 5.29. The van der Waals surface area contributed by atoms with E-state index < -0.39 is 17.6 Å². The molecule has 20 heavy (non-hydrogen) atoms. The number of carboxylic acid groups (broad SMARTS) is 1. The zero-order valence-electron chi connectivity index (χ0n) is 11.6. The van der Waals surface area contributed by atoms with Crippen LogP contribution in [0.1, 0.15) is 38.2 Å². The van der Waals surface area contributed by atoms with Crippen molar-refractivity contribution in [2.24, 2.45) is 11.7 Å². The molecule has 0 bridgehead atoms. The van der Waals surface area contributed by atoms with Gasteiger partial charge in [-0.3, -0.25) is 4.79 Å². The van der Waals surface area contributed by atoms with E-state index in [-0.39, 0.29) is 23.9 Å². The summed E-state index contributed by atoms with van der Waals surface area (Å²) in [5.41, 5.74) is 5.83. The van der Waals surface area contributed by atoms with Crippen LogP contribution < -0.4 is 5.73 Å². The third-order valence-corrected chi connectivity index (χ3v) is 3.33. The quantitative estimate of drug-likeness (QED) is 0.771. The van der Waals surface area contributed by atoms with Crippen LogP contribution in [0.15, 0.2) is 18.2 Å². The van der Waals surface area contributed by atoms with Crippen molar-refractivity contribution in [3.8, 4) is 0 Å². The largest absolute Gasteiger partial charge is 0.481 e. The average molecular weight is 285 g/mol. The minimum Gasteiger partial charge on any atom is -0.481 e. The zero-order chi connectivity index (χ0) is 15.1. The second kappa shape index (κ2) is 7.94. The molecule has 0 spiro atoms. The van der Waals surface area contributed by atoms with E-state index in [9.17, 15) is 13.6 Å². The molecule has 3 nitrogen and oxygen atoms in total. The zero-order valence-corrected chi connectivity index (χ0v) is 11.6. The van der Waals surface area contributed by atoms with Gasteiger partial charge in [-0.15, -0.1) is 0 Å². The van der Waals surface area contributed by atoms with Crippen LogP contribution in [0.4, 0.5) is 8.78 Å². The van der Waals surface area contributed by atoms with Gasteiger partial charge in [0.15, 0.2) is 0 Å². The van der Waals surface area contributed by atoms with Gasteiger partial charge in [0.1, 0.15) is 11.6 Å². The van der Waals surface area contributed by atoms with Crippen LogP contribution in [-0.4, -0.2) is 17.1 Å². The maximum Gasteiger partial charge on any atom is 0.304 e. The topological polar surface area (TPSA) is 63.3 Å². The van der Waals surface area contributed by atoms with E-state index >= 15 is 0 Å². The molecule has 0 aliphatic heterocycles. The number of hydrogen-bond acceptors (Lipinski definition) is 2. The molecule has 0 aliphatic carbocycles. The molecule has 0 saturated carbocycles. The number of benzene rings is 1. The predicted octanol–water partition coefficient (Wildman–Crippen LogP) is 3.12. The first-order valence-corrected chi connectivity index (χ1v) is 6.80. The molecule has 112 valence electrons. The van der Waals surface area contributed by atoms with Crippen LogP contribution in [0.5, 0.6) is 0 Å². The van der Waals surface area contributed by atoms with E-state index in [1.807, 2.05) is 6.92 Å². The van der Waals surface area contributed by atoms with Gasteiger partial charge in [0.05, 0.1) is 6.42 Å². The van der Waals surface area contributed by atoms with Crippen LogP contribution in [0, 0.1) is 17.6 Å². The molecule has 0 aromatic heterocycles. The number of carboxylic acids is 1. The monoisotopic (exact) mass is 285 g/mol. The Hall–Kier alpha value is -1.49. The Morgan fingerprint density at radius 2 is 1.95 bits per heavy atom. The van der Waals surface area contributed by atoms with Crippen molar-refractivity contribution in [3.63, 3.8) is 0 Å². The summed E-state index contributed by atoms with van der Waals surface area (Å²) in [7, 11) is 0. The van der Waals surface area contributed by atoms with Gasteiger partial charge in [-0.25, -0.2) is 8.78 Å². The molecule has 0 amide bonds. The summed E-state index contributed by atoms with van der Waals surface area (Å²) in [6.07, 6.45) is 2.31. The molecule has 1 aromatic rings. The minimum absolute atomic E-state index is 0.0493. The van der Waals surface area contributed by atoms with E-state index in [1.165, 1.54) is 18.2 Å². The Morgan fingerprint density at radius 1 is 1.35 bits per heavy atom. The average Bonchev–Trinajstić information content (AvgIpc) is 2.31. The van der Waals surface area contributed by atoms with Gasteiger partial charge in [-0.1, -0.05) is 19.4 Å². The third kappa shape index (κ3) is 5.65. The highest BCUT2D eigenvalue weighted by Gasteiger charge is 2.13. The van der Waals surface area contributed by atoms with Crippen molar-refractivity contribution >= 4 is 5.97 Å². The number of rotatable bonds is 8. The van der Waals surface area contributed by atoms with Crippen molar-refractivity contribution in [1.29, 1.82) is 0 Å².